The van der Waals surface area contributed by atoms with E-state index in [9.17, 15) is 0 Å². The minimum absolute atomic E-state index is 0.634. The third kappa shape index (κ3) is 3.40. The summed E-state index contributed by atoms with van der Waals surface area (Å²) in [5.41, 5.74) is 6.04. The Kier molecular flexibility index (Phi) is 4.56. The highest BCUT2D eigenvalue weighted by molar-refractivity contribution is 9.10. The molecule has 2 N–H and O–H groups in total. The molecule has 5 rings (SSSR count). The summed E-state index contributed by atoms with van der Waals surface area (Å²) < 4.78 is 2.94. The Bertz CT molecular complexity index is 1130. The Morgan fingerprint density at radius 3 is 2.79 bits per heavy atom. The van der Waals surface area contributed by atoms with Crippen LogP contribution in [0.3, 0.4) is 0 Å². The molecule has 0 amide bonds. The van der Waals surface area contributed by atoms with Crippen molar-refractivity contribution in [3.8, 4) is 11.3 Å². The van der Waals surface area contributed by atoms with Crippen molar-refractivity contribution in [2.24, 2.45) is 5.92 Å². The fourth-order valence-corrected chi connectivity index (χ4v) is 4.00. The number of aromatic amines is 1. The molecule has 1 aliphatic carbocycles. The number of anilines is 1. The molecule has 2 aromatic carbocycles. The van der Waals surface area contributed by atoms with Gasteiger partial charge in [0.15, 0.2) is 0 Å². The normalized spacial score (nSPS) is 13.9. The highest BCUT2D eigenvalue weighted by Crippen LogP contribution is 2.34. The molecule has 0 atom stereocenters. The molecular formula is C20H18BrClN6. The van der Waals surface area contributed by atoms with E-state index in [1.54, 1.807) is 0 Å². The van der Waals surface area contributed by atoms with Crippen molar-refractivity contribution in [2.75, 3.05) is 5.32 Å². The van der Waals surface area contributed by atoms with Gasteiger partial charge in [0.25, 0.3) is 0 Å². The van der Waals surface area contributed by atoms with E-state index in [-0.39, 0.29) is 0 Å². The molecule has 0 aliphatic heterocycles. The van der Waals surface area contributed by atoms with Gasteiger partial charge in [0.1, 0.15) is 5.52 Å². The van der Waals surface area contributed by atoms with Crippen LogP contribution >= 0.6 is 27.5 Å². The van der Waals surface area contributed by atoms with Crippen molar-refractivity contribution in [1.29, 1.82) is 0 Å². The summed E-state index contributed by atoms with van der Waals surface area (Å²) in [6.07, 6.45) is 4.43. The van der Waals surface area contributed by atoms with Crippen molar-refractivity contribution in [3.05, 3.63) is 57.7 Å². The molecule has 4 aromatic rings. The molecule has 0 saturated heterocycles. The largest absolute Gasteiger partial charge is 0.380 e. The number of H-pyrrole nitrogens is 1. The molecule has 1 aliphatic rings. The molecule has 2 aromatic heterocycles. The van der Waals surface area contributed by atoms with Crippen LogP contribution in [0, 0.1) is 5.92 Å². The maximum atomic E-state index is 6.00. The molecule has 1 fully saturated rings. The first-order chi connectivity index (χ1) is 13.7. The van der Waals surface area contributed by atoms with Crippen molar-refractivity contribution in [1.82, 2.24) is 25.2 Å². The monoisotopic (exact) mass is 456 g/mol. The zero-order chi connectivity index (χ0) is 19.1. The molecule has 8 heteroatoms. The van der Waals surface area contributed by atoms with Gasteiger partial charge in [0.05, 0.1) is 27.6 Å². The van der Waals surface area contributed by atoms with Crippen LogP contribution in [0.4, 0.5) is 5.69 Å². The lowest BCUT2D eigenvalue weighted by molar-refractivity contribution is 0.559. The molecule has 1 saturated carbocycles. The van der Waals surface area contributed by atoms with Gasteiger partial charge >= 0.3 is 0 Å². The van der Waals surface area contributed by atoms with Crippen LogP contribution in [0.5, 0.6) is 0 Å². The lowest BCUT2D eigenvalue weighted by Crippen LogP contribution is -2.02. The zero-order valence-electron chi connectivity index (χ0n) is 15.0. The zero-order valence-corrected chi connectivity index (χ0v) is 17.3. The number of hydrogen-bond donors (Lipinski definition) is 2. The van der Waals surface area contributed by atoms with Gasteiger partial charge in [0, 0.05) is 23.7 Å². The number of nitrogens with zero attached hydrogens (tertiary/aromatic N) is 4. The van der Waals surface area contributed by atoms with Crippen LogP contribution in [0.1, 0.15) is 18.4 Å². The van der Waals surface area contributed by atoms with Crippen molar-refractivity contribution < 1.29 is 0 Å². The quantitative estimate of drug-likeness (QED) is 0.414. The van der Waals surface area contributed by atoms with Gasteiger partial charge in [-0.2, -0.15) is 5.10 Å². The van der Waals surface area contributed by atoms with E-state index in [0.717, 1.165) is 55.5 Å². The number of nitrogens with one attached hydrogen (secondary N) is 2. The number of rotatable bonds is 6. The molecule has 142 valence electrons. The van der Waals surface area contributed by atoms with Gasteiger partial charge in [-0.3, -0.25) is 5.10 Å². The second-order valence-electron chi connectivity index (χ2n) is 7.14. The van der Waals surface area contributed by atoms with Crippen molar-refractivity contribution >= 4 is 44.3 Å². The van der Waals surface area contributed by atoms with Gasteiger partial charge in [0.2, 0.25) is 0 Å². The fourth-order valence-electron chi connectivity index (χ4n) is 3.32. The van der Waals surface area contributed by atoms with Gasteiger partial charge < -0.3 is 5.32 Å². The molecule has 2 heterocycles. The summed E-state index contributed by atoms with van der Waals surface area (Å²) in [5, 5.41) is 20.2. The maximum Gasteiger partial charge on any atom is 0.129 e. The summed E-state index contributed by atoms with van der Waals surface area (Å²) in [6, 6.07) is 11.9. The first-order valence-electron chi connectivity index (χ1n) is 9.23. The summed E-state index contributed by atoms with van der Waals surface area (Å²) in [6.45, 7) is 1.59. The topological polar surface area (TPSA) is 71.4 Å². The summed E-state index contributed by atoms with van der Waals surface area (Å²) in [7, 11) is 0. The van der Waals surface area contributed by atoms with Crippen LogP contribution in [0.15, 0.2) is 47.1 Å². The lowest BCUT2D eigenvalue weighted by Gasteiger charge is -2.10. The number of fused-ring (bicyclic) bond motifs is 1. The summed E-state index contributed by atoms with van der Waals surface area (Å²) in [4.78, 5) is 0. The van der Waals surface area contributed by atoms with E-state index in [4.69, 9.17) is 11.6 Å². The number of hydrogen-bond acceptors (Lipinski definition) is 4. The molecule has 6 nitrogen and oxygen atoms in total. The van der Waals surface area contributed by atoms with E-state index in [1.807, 2.05) is 35.1 Å². The summed E-state index contributed by atoms with van der Waals surface area (Å²) in [5.74, 6) is 0.758. The van der Waals surface area contributed by atoms with Crippen LogP contribution in [0.2, 0.25) is 5.02 Å². The first kappa shape index (κ1) is 17.7. The van der Waals surface area contributed by atoms with Crippen LogP contribution < -0.4 is 5.32 Å². The summed E-state index contributed by atoms with van der Waals surface area (Å²) >= 11 is 9.69. The molecule has 28 heavy (non-hydrogen) atoms. The SMILES string of the molecule is Clc1ccc(-c2[nH]ncc2CNc2ccc3c(nnn3CC3CC3)c2Br)cc1. The average molecular weight is 458 g/mol. The number of halogens is 2. The van der Waals surface area contributed by atoms with Crippen LogP contribution in [-0.4, -0.2) is 25.2 Å². The lowest BCUT2D eigenvalue weighted by atomic mass is 10.1. The van der Waals surface area contributed by atoms with Gasteiger partial charge in [-0.25, -0.2) is 4.68 Å². The van der Waals surface area contributed by atoms with Crippen molar-refractivity contribution in [2.45, 2.75) is 25.9 Å². The Hall–Kier alpha value is -2.38. The molecule has 0 unspecified atom stereocenters. The van der Waals surface area contributed by atoms with E-state index in [1.165, 1.54) is 12.8 Å². The van der Waals surface area contributed by atoms with Crippen LogP contribution in [0.25, 0.3) is 22.3 Å². The average Bonchev–Trinajstić information content (AvgIpc) is 3.23. The van der Waals surface area contributed by atoms with Gasteiger partial charge in [-0.15, -0.1) is 5.10 Å². The Labute approximate surface area is 175 Å². The van der Waals surface area contributed by atoms with Crippen LogP contribution in [-0.2, 0) is 13.1 Å². The molecule has 0 spiro atoms. The minimum Gasteiger partial charge on any atom is -0.380 e. The fraction of sp³-hybridized carbons (Fsp3) is 0.250. The standard InChI is InChI=1S/C20H18BrClN6/c21-18-16(7-8-17-20(18)26-27-28(17)11-12-1-2-12)23-9-14-10-24-25-19(14)13-3-5-15(22)6-4-13/h3-8,10,12,23H,1-2,9,11H2,(H,24,25). The third-order valence-corrected chi connectivity index (χ3v) is 6.13. The van der Waals surface area contributed by atoms with E-state index < -0.39 is 0 Å². The first-order valence-corrected chi connectivity index (χ1v) is 10.4. The second-order valence-corrected chi connectivity index (χ2v) is 8.37. The maximum absolute atomic E-state index is 6.00. The Morgan fingerprint density at radius 1 is 1.18 bits per heavy atom. The second kappa shape index (κ2) is 7.22. The number of benzene rings is 2. The molecular weight excluding hydrogens is 440 g/mol. The Balaban J connectivity index is 1.37. The molecule has 0 bridgehead atoms. The Morgan fingerprint density at radius 2 is 2.00 bits per heavy atom. The predicted octanol–water partition coefficient (Wildman–Crippen LogP) is 5.26. The number of aromatic nitrogens is 5. The van der Waals surface area contributed by atoms with E-state index in [0.29, 0.717) is 6.54 Å². The minimum atomic E-state index is 0.634. The highest BCUT2D eigenvalue weighted by atomic mass is 79.9. The van der Waals surface area contributed by atoms with Crippen molar-refractivity contribution in [3.63, 3.8) is 0 Å². The third-order valence-electron chi connectivity index (χ3n) is 5.07. The highest BCUT2D eigenvalue weighted by Gasteiger charge is 2.23. The smallest absolute Gasteiger partial charge is 0.129 e. The van der Waals surface area contributed by atoms with E-state index in [2.05, 4.69) is 53.9 Å². The van der Waals surface area contributed by atoms with Gasteiger partial charge in [-0.1, -0.05) is 28.9 Å². The predicted molar refractivity (Wildman–Crippen MR) is 114 cm³/mol. The molecule has 0 radical (unpaired) electrons. The van der Waals surface area contributed by atoms with Gasteiger partial charge in [-0.05, 0) is 64.5 Å². The van der Waals surface area contributed by atoms with E-state index >= 15 is 0 Å².